The van der Waals surface area contributed by atoms with Crippen LogP contribution < -0.4 is 5.32 Å². The first-order chi connectivity index (χ1) is 8.68. The lowest BCUT2D eigenvalue weighted by molar-refractivity contribution is 0.468. The number of hydrogen-bond donors (Lipinski definition) is 1. The van der Waals surface area contributed by atoms with Crippen molar-refractivity contribution in [1.82, 2.24) is 15.3 Å². The normalized spacial score (nSPS) is 11.4. The molecule has 0 aliphatic heterocycles. The number of hydrogen-bond acceptors (Lipinski definition) is 3. The van der Waals surface area contributed by atoms with Crippen LogP contribution >= 0.6 is 0 Å². The molecule has 0 aliphatic rings. The molecule has 0 spiro atoms. The first-order valence-corrected chi connectivity index (χ1v) is 6.19. The van der Waals surface area contributed by atoms with Gasteiger partial charge < -0.3 is 5.32 Å². The third-order valence-corrected chi connectivity index (χ3v) is 3.07. The Morgan fingerprint density at radius 2 is 1.72 bits per heavy atom. The Morgan fingerprint density at radius 3 is 2.39 bits per heavy atom. The minimum absolute atomic E-state index is 0.122. The number of nitrogens with zero attached hydrogens (tertiary/aromatic N) is 2. The molecule has 1 heterocycles. The van der Waals surface area contributed by atoms with Gasteiger partial charge in [0.15, 0.2) is 0 Å². The van der Waals surface area contributed by atoms with Gasteiger partial charge in [-0.1, -0.05) is 44.2 Å². The quantitative estimate of drug-likeness (QED) is 0.874. The molecule has 3 heteroatoms. The lowest BCUT2D eigenvalue weighted by atomic mass is 9.84. The Hall–Kier alpha value is -1.74. The second-order valence-electron chi connectivity index (χ2n) is 5.10. The summed E-state index contributed by atoms with van der Waals surface area (Å²) in [4.78, 5) is 8.01. The van der Waals surface area contributed by atoms with Gasteiger partial charge in [-0.15, -0.1) is 0 Å². The lowest BCUT2D eigenvalue weighted by Gasteiger charge is -2.25. The van der Waals surface area contributed by atoms with Gasteiger partial charge in [0.1, 0.15) is 6.33 Å². The highest BCUT2D eigenvalue weighted by Crippen LogP contribution is 2.21. The second-order valence-corrected chi connectivity index (χ2v) is 5.10. The van der Waals surface area contributed by atoms with Crippen LogP contribution in [-0.2, 0) is 12.0 Å². The molecule has 0 aliphatic carbocycles. The highest BCUT2D eigenvalue weighted by Gasteiger charge is 2.19. The Labute approximate surface area is 108 Å². The number of benzene rings is 1. The maximum absolute atomic E-state index is 4.01. The first kappa shape index (κ1) is 12.7. The minimum Gasteiger partial charge on any atom is -0.312 e. The van der Waals surface area contributed by atoms with E-state index in [0.717, 1.165) is 18.7 Å². The van der Waals surface area contributed by atoms with E-state index in [1.807, 2.05) is 18.5 Å². The fraction of sp³-hybridized carbons (Fsp3) is 0.333. The number of rotatable bonds is 5. The molecule has 2 aromatic rings. The summed E-state index contributed by atoms with van der Waals surface area (Å²) in [5.74, 6) is 0. The van der Waals surface area contributed by atoms with Crippen molar-refractivity contribution in [3.05, 3.63) is 60.2 Å². The highest BCUT2D eigenvalue weighted by molar-refractivity contribution is 5.23. The maximum Gasteiger partial charge on any atom is 0.115 e. The van der Waals surface area contributed by atoms with Crippen molar-refractivity contribution in [2.24, 2.45) is 0 Å². The van der Waals surface area contributed by atoms with Gasteiger partial charge in [-0.05, 0) is 5.56 Å². The zero-order valence-corrected chi connectivity index (χ0v) is 10.9. The smallest absolute Gasteiger partial charge is 0.115 e. The maximum atomic E-state index is 4.01. The predicted octanol–water partition coefficient (Wildman–Crippen LogP) is 2.54. The molecular weight excluding hydrogens is 222 g/mol. The van der Waals surface area contributed by atoms with Crippen LogP contribution in [0.4, 0.5) is 0 Å². The molecule has 1 aromatic heterocycles. The third-order valence-electron chi connectivity index (χ3n) is 3.07. The van der Waals surface area contributed by atoms with Gasteiger partial charge in [0, 0.05) is 36.5 Å². The third kappa shape index (κ3) is 3.37. The molecule has 1 N–H and O–H groups in total. The molecule has 2 rings (SSSR count). The molecule has 0 radical (unpaired) electrons. The monoisotopic (exact) mass is 241 g/mol. The molecule has 18 heavy (non-hydrogen) atoms. The van der Waals surface area contributed by atoms with Crippen LogP contribution in [-0.4, -0.2) is 16.5 Å². The van der Waals surface area contributed by atoms with Crippen LogP contribution in [0.25, 0.3) is 0 Å². The van der Waals surface area contributed by atoms with Crippen molar-refractivity contribution >= 4 is 0 Å². The first-order valence-electron chi connectivity index (χ1n) is 6.19. The Balaban J connectivity index is 1.90. The predicted molar refractivity (Wildman–Crippen MR) is 73.2 cm³/mol. The SMILES string of the molecule is CC(C)(CNCc1cncnc1)c1ccccc1. The van der Waals surface area contributed by atoms with Crippen LogP contribution in [0.15, 0.2) is 49.1 Å². The summed E-state index contributed by atoms with van der Waals surface area (Å²) in [6.45, 7) is 6.22. The second kappa shape index (κ2) is 5.74. The van der Waals surface area contributed by atoms with E-state index in [2.05, 4.69) is 53.4 Å². The van der Waals surface area contributed by atoms with E-state index in [0.29, 0.717) is 0 Å². The van der Waals surface area contributed by atoms with Gasteiger partial charge in [-0.3, -0.25) is 0 Å². The summed E-state index contributed by atoms with van der Waals surface area (Å²) in [7, 11) is 0. The standard InChI is InChI=1S/C15H19N3/c1-15(2,14-6-4-3-5-7-14)11-16-8-13-9-17-12-18-10-13/h3-7,9-10,12,16H,8,11H2,1-2H3. The molecule has 0 unspecified atom stereocenters. The molecule has 3 nitrogen and oxygen atoms in total. The molecule has 0 bridgehead atoms. The molecule has 94 valence electrons. The van der Waals surface area contributed by atoms with Crippen LogP contribution in [0, 0.1) is 0 Å². The summed E-state index contributed by atoms with van der Waals surface area (Å²) < 4.78 is 0. The summed E-state index contributed by atoms with van der Waals surface area (Å²) >= 11 is 0. The van der Waals surface area contributed by atoms with Crippen molar-refractivity contribution in [1.29, 1.82) is 0 Å². The summed E-state index contributed by atoms with van der Waals surface area (Å²) in [6.07, 6.45) is 5.24. The average Bonchev–Trinajstić information content (AvgIpc) is 2.41. The summed E-state index contributed by atoms with van der Waals surface area (Å²) in [5, 5.41) is 3.46. The van der Waals surface area contributed by atoms with Gasteiger partial charge in [-0.2, -0.15) is 0 Å². The molecular formula is C15H19N3. The molecule has 0 fully saturated rings. The number of nitrogens with one attached hydrogen (secondary N) is 1. The molecule has 1 aromatic carbocycles. The largest absolute Gasteiger partial charge is 0.312 e. The van der Waals surface area contributed by atoms with Crippen molar-refractivity contribution < 1.29 is 0 Å². The van der Waals surface area contributed by atoms with E-state index >= 15 is 0 Å². The summed E-state index contributed by atoms with van der Waals surface area (Å²) in [5.41, 5.74) is 2.58. The van der Waals surface area contributed by atoms with Crippen molar-refractivity contribution in [2.45, 2.75) is 25.8 Å². The van der Waals surface area contributed by atoms with Crippen LogP contribution in [0.2, 0.25) is 0 Å². The highest BCUT2D eigenvalue weighted by atomic mass is 14.9. The Kier molecular flexibility index (Phi) is 4.05. The van der Waals surface area contributed by atoms with Crippen molar-refractivity contribution in [2.75, 3.05) is 6.54 Å². The topological polar surface area (TPSA) is 37.8 Å². The molecule has 0 saturated carbocycles. The van der Waals surface area contributed by atoms with E-state index in [4.69, 9.17) is 0 Å². The minimum atomic E-state index is 0.122. The van der Waals surface area contributed by atoms with Crippen LogP contribution in [0.1, 0.15) is 25.0 Å². The summed E-state index contributed by atoms with van der Waals surface area (Å²) in [6, 6.07) is 10.6. The zero-order chi connectivity index (χ0) is 12.8. The van der Waals surface area contributed by atoms with E-state index in [1.165, 1.54) is 5.56 Å². The Bertz CT molecular complexity index is 466. The van der Waals surface area contributed by atoms with Crippen molar-refractivity contribution in [3.63, 3.8) is 0 Å². The van der Waals surface area contributed by atoms with Crippen LogP contribution in [0.5, 0.6) is 0 Å². The van der Waals surface area contributed by atoms with E-state index < -0.39 is 0 Å². The van der Waals surface area contributed by atoms with Gasteiger partial charge in [0.25, 0.3) is 0 Å². The van der Waals surface area contributed by atoms with Crippen LogP contribution in [0.3, 0.4) is 0 Å². The Morgan fingerprint density at radius 1 is 1.06 bits per heavy atom. The van der Waals surface area contributed by atoms with Gasteiger partial charge >= 0.3 is 0 Å². The molecule has 0 amide bonds. The van der Waals surface area contributed by atoms with E-state index in [-0.39, 0.29) is 5.41 Å². The average molecular weight is 241 g/mol. The fourth-order valence-electron chi connectivity index (χ4n) is 1.93. The van der Waals surface area contributed by atoms with E-state index in [9.17, 15) is 0 Å². The van der Waals surface area contributed by atoms with Gasteiger partial charge in [0.2, 0.25) is 0 Å². The molecule has 0 saturated heterocycles. The van der Waals surface area contributed by atoms with Gasteiger partial charge in [-0.25, -0.2) is 9.97 Å². The fourth-order valence-corrected chi connectivity index (χ4v) is 1.93. The zero-order valence-electron chi connectivity index (χ0n) is 10.9. The van der Waals surface area contributed by atoms with E-state index in [1.54, 1.807) is 6.33 Å². The molecule has 0 atom stereocenters. The lowest BCUT2D eigenvalue weighted by Crippen LogP contribution is -2.32. The van der Waals surface area contributed by atoms with Crippen molar-refractivity contribution in [3.8, 4) is 0 Å². The van der Waals surface area contributed by atoms with Gasteiger partial charge in [0.05, 0.1) is 0 Å². The number of aromatic nitrogens is 2.